The standard InChI is InChI=1S/C14H12N4O2/c15-7-10-2-1-3-13(6-10)20-9-12-5-4-11(8-17-12)14(19)18-16/h1-6,8H,9,16H2,(H,18,19). The largest absolute Gasteiger partial charge is 0.487 e. The number of hydrogen-bond acceptors (Lipinski definition) is 5. The van der Waals surface area contributed by atoms with Gasteiger partial charge in [-0.2, -0.15) is 5.26 Å². The number of carbonyl (C=O) groups is 1. The van der Waals surface area contributed by atoms with E-state index in [9.17, 15) is 4.79 Å². The molecule has 20 heavy (non-hydrogen) atoms. The van der Waals surface area contributed by atoms with Crippen LogP contribution in [0.1, 0.15) is 21.6 Å². The second-order valence-corrected chi connectivity index (χ2v) is 3.94. The molecule has 1 amide bonds. The fraction of sp³-hybridized carbons (Fsp3) is 0.0714. The van der Waals surface area contributed by atoms with Crippen molar-refractivity contribution in [3.8, 4) is 11.8 Å². The lowest BCUT2D eigenvalue weighted by Crippen LogP contribution is -2.30. The van der Waals surface area contributed by atoms with Crippen LogP contribution in [-0.4, -0.2) is 10.9 Å². The van der Waals surface area contributed by atoms with E-state index < -0.39 is 5.91 Å². The van der Waals surface area contributed by atoms with E-state index in [0.29, 0.717) is 22.6 Å². The van der Waals surface area contributed by atoms with Crippen LogP contribution in [0.3, 0.4) is 0 Å². The molecule has 0 atom stereocenters. The molecule has 6 heteroatoms. The van der Waals surface area contributed by atoms with Crippen LogP contribution < -0.4 is 16.0 Å². The summed E-state index contributed by atoms with van der Waals surface area (Å²) in [5.74, 6) is 5.22. The summed E-state index contributed by atoms with van der Waals surface area (Å²) in [6.07, 6.45) is 1.42. The van der Waals surface area contributed by atoms with Crippen LogP contribution >= 0.6 is 0 Å². The normalized spacial score (nSPS) is 9.60. The number of benzene rings is 1. The molecule has 0 bridgehead atoms. The van der Waals surface area contributed by atoms with Gasteiger partial charge in [0.1, 0.15) is 12.4 Å². The number of carbonyl (C=O) groups excluding carboxylic acids is 1. The molecule has 0 saturated carbocycles. The van der Waals surface area contributed by atoms with Crippen molar-refractivity contribution in [2.75, 3.05) is 0 Å². The summed E-state index contributed by atoms with van der Waals surface area (Å²) in [6, 6.07) is 12.2. The summed E-state index contributed by atoms with van der Waals surface area (Å²) in [4.78, 5) is 15.3. The molecular formula is C14H12N4O2. The van der Waals surface area contributed by atoms with Gasteiger partial charge in [-0.1, -0.05) is 6.07 Å². The van der Waals surface area contributed by atoms with E-state index in [1.54, 1.807) is 36.4 Å². The number of nitrogens with two attached hydrogens (primary N) is 1. The van der Waals surface area contributed by atoms with Crippen LogP contribution in [0.2, 0.25) is 0 Å². The maximum absolute atomic E-state index is 11.2. The molecule has 100 valence electrons. The van der Waals surface area contributed by atoms with E-state index in [4.69, 9.17) is 15.8 Å². The van der Waals surface area contributed by atoms with Gasteiger partial charge >= 0.3 is 0 Å². The zero-order valence-electron chi connectivity index (χ0n) is 10.5. The highest BCUT2D eigenvalue weighted by Crippen LogP contribution is 2.14. The van der Waals surface area contributed by atoms with Crippen LogP contribution in [0, 0.1) is 11.3 Å². The minimum Gasteiger partial charge on any atom is -0.487 e. The maximum Gasteiger partial charge on any atom is 0.266 e. The Morgan fingerprint density at radius 3 is 2.90 bits per heavy atom. The first-order valence-corrected chi connectivity index (χ1v) is 5.82. The van der Waals surface area contributed by atoms with Gasteiger partial charge in [-0.15, -0.1) is 0 Å². The van der Waals surface area contributed by atoms with E-state index in [-0.39, 0.29) is 6.61 Å². The third kappa shape index (κ3) is 3.31. The van der Waals surface area contributed by atoms with Gasteiger partial charge in [-0.25, -0.2) is 5.84 Å². The molecule has 0 spiro atoms. The SMILES string of the molecule is N#Cc1cccc(OCc2ccc(C(=O)NN)cn2)c1. The molecule has 2 aromatic rings. The molecule has 1 heterocycles. The topological polar surface area (TPSA) is 101 Å². The minimum atomic E-state index is -0.397. The Bertz CT molecular complexity index is 647. The number of nitrogen functional groups attached to an aromatic ring is 1. The molecular weight excluding hydrogens is 256 g/mol. The number of rotatable bonds is 4. The Morgan fingerprint density at radius 2 is 2.25 bits per heavy atom. The van der Waals surface area contributed by atoms with E-state index in [1.807, 2.05) is 11.5 Å². The third-order valence-electron chi connectivity index (χ3n) is 2.57. The van der Waals surface area contributed by atoms with Gasteiger partial charge in [0.15, 0.2) is 0 Å². The molecule has 0 aliphatic heterocycles. The van der Waals surface area contributed by atoms with Crippen molar-refractivity contribution in [3.05, 3.63) is 59.4 Å². The van der Waals surface area contributed by atoms with Crippen LogP contribution in [0.4, 0.5) is 0 Å². The average Bonchev–Trinajstić information content (AvgIpc) is 2.53. The highest BCUT2D eigenvalue weighted by atomic mass is 16.5. The van der Waals surface area contributed by atoms with Crippen molar-refractivity contribution in [3.63, 3.8) is 0 Å². The Labute approximate surface area is 115 Å². The van der Waals surface area contributed by atoms with Gasteiger partial charge in [0.05, 0.1) is 22.9 Å². The number of ether oxygens (including phenoxy) is 1. The Morgan fingerprint density at radius 1 is 1.40 bits per heavy atom. The summed E-state index contributed by atoms with van der Waals surface area (Å²) >= 11 is 0. The van der Waals surface area contributed by atoms with E-state index in [0.717, 1.165) is 0 Å². The molecule has 0 aliphatic carbocycles. The molecule has 0 aliphatic rings. The lowest BCUT2D eigenvalue weighted by atomic mass is 10.2. The van der Waals surface area contributed by atoms with Crippen LogP contribution in [-0.2, 0) is 6.61 Å². The maximum atomic E-state index is 11.2. The fourth-order valence-electron chi connectivity index (χ4n) is 1.54. The van der Waals surface area contributed by atoms with Gasteiger partial charge < -0.3 is 4.74 Å². The highest BCUT2D eigenvalue weighted by molar-refractivity contribution is 5.93. The zero-order chi connectivity index (χ0) is 14.4. The number of nitrogens with one attached hydrogen (secondary N) is 1. The van der Waals surface area contributed by atoms with Gasteiger partial charge in [-0.3, -0.25) is 15.2 Å². The summed E-state index contributed by atoms with van der Waals surface area (Å²) < 4.78 is 5.52. The predicted octanol–water partition coefficient (Wildman–Crippen LogP) is 1.14. The second-order valence-electron chi connectivity index (χ2n) is 3.94. The van der Waals surface area contributed by atoms with Crippen molar-refractivity contribution in [2.24, 2.45) is 5.84 Å². The smallest absolute Gasteiger partial charge is 0.266 e. The van der Waals surface area contributed by atoms with E-state index in [2.05, 4.69) is 4.98 Å². The molecule has 2 rings (SSSR count). The van der Waals surface area contributed by atoms with Crippen molar-refractivity contribution in [1.82, 2.24) is 10.4 Å². The van der Waals surface area contributed by atoms with Crippen molar-refractivity contribution < 1.29 is 9.53 Å². The van der Waals surface area contributed by atoms with Crippen LogP contribution in [0.15, 0.2) is 42.6 Å². The molecule has 1 aromatic carbocycles. The molecule has 1 aromatic heterocycles. The quantitative estimate of drug-likeness (QED) is 0.492. The Kier molecular flexibility index (Phi) is 4.27. The highest BCUT2D eigenvalue weighted by Gasteiger charge is 2.04. The number of amides is 1. The first kappa shape index (κ1) is 13.5. The van der Waals surface area contributed by atoms with Gasteiger partial charge in [0, 0.05) is 6.20 Å². The summed E-state index contributed by atoms with van der Waals surface area (Å²) in [5.41, 5.74) is 3.61. The first-order chi connectivity index (χ1) is 9.72. The molecule has 0 unspecified atom stereocenters. The van der Waals surface area contributed by atoms with Gasteiger partial charge in [0.2, 0.25) is 0 Å². The first-order valence-electron chi connectivity index (χ1n) is 5.82. The van der Waals surface area contributed by atoms with Crippen molar-refractivity contribution in [2.45, 2.75) is 6.61 Å². The third-order valence-corrected chi connectivity index (χ3v) is 2.57. The van der Waals surface area contributed by atoms with Crippen LogP contribution in [0.25, 0.3) is 0 Å². The van der Waals surface area contributed by atoms with E-state index in [1.165, 1.54) is 6.20 Å². The number of aromatic nitrogens is 1. The van der Waals surface area contributed by atoms with Crippen molar-refractivity contribution >= 4 is 5.91 Å². The van der Waals surface area contributed by atoms with Crippen molar-refractivity contribution in [1.29, 1.82) is 5.26 Å². The molecule has 0 saturated heterocycles. The summed E-state index contributed by atoms with van der Waals surface area (Å²) in [5, 5.41) is 8.79. The van der Waals surface area contributed by atoms with Crippen LogP contribution in [0.5, 0.6) is 5.75 Å². The Balaban J connectivity index is 2.00. The summed E-state index contributed by atoms with van der Waals surface area (Å²) in [7, 11) is 0. The Hall–Kier alpha value is -2.91. The number of pyridine rings is 1. The molecule has 0 fully saturated rings. The number of hydrogen-bond donors (Lipinski definition) is 2. The molecule has 3 N–H and O–H groups in total. The van der Waals surface area contributed by atoms with E-state index >= 15 is 0 Å². The lowest BCUT2D eigenvalue weighted by molar-refractivity contribution is 0.0953. The molecule has 0 radical (unpaired) electrons. The second kappa shape index (κ2) is 6.31. The average molecular weight is 268 g/mol. The summed E-state index contributed by atoms with van der Waals surface area (Å²) in [6.45, 7) is 0.249. The predicted molar refractivity (Wildman–Crippen MR) is 71.4 cm³/mol. The minimum absolute atomic E-state index is 0.249. The van der Waals surface area contributed by atoms with Gasteiger partial charge in [0.25, 0.3) is 5.91 Å². The fourth-order valence-corrected chi connectivity index (χ4v) is 1.54. The monoisotopic (exact) mass is 268 g/mol. The number of nitrogens with zero attached hydrogens (tertiary/aromatic N) is 2. The number of hydrazine groups is 1. The number of nitriles is 1. The van der Waals surface area contributed by atoms with Gasteiger partial charge in [-0.05, 0) is 30.3 Å². The zero-order valence-corrected chi connectivity index (χ0v) is 10.5. The molecule has 6 nitrogen and oxygen atoms in total. The lowest BCUT2D eigenvalue weighted by Gasteiger charge is -2.06.